The van der Waals surface area contributed by atoms with Crippen LogP contribution < -0.4 is 5.32 Å². The molecule has 2 amide bonds. The number of hydrogen-bond donors (Lipinski definition) is 1. The number of halogens is 1. The molecule has 0 bridgehead atoms. The third kappa shape index (κ3) is 4.33. The van der Waals surface area contributed by atoms with Gasteiger partial charge in [-0.2, -0.15) is 0 Å². The van der Waals surface area contributed by atoms with Gasteiger partial charge < -0.3 is 14.6 Å². The highest BCUT2D eigenvalue weighted by Gasteiger charge is 2.29. The lowest BCUT2D eigenvalue weighted by Gasteiger charge is -2.31. The molecule has 2 heterocycles. The molecule has 1 saturated heterocycles. The van der Waals surface area contributed by atoms with Crippen LogP contribution in [0.15, 0.2) is 21.4 Å². The van der Waals surface area contributed by atoms with E-state index >= 15 is 0 Å². The van der Waals surface area contributed by atoms with E-state index in [1.54, 1.807) is 11.0 Å². The maximum absolute atomic E-state index is 12.4. The Morgan fingerprint density at radius 2 is 2.33 bits per heavy atom. The highest BCUT2D eigenvalue weighted by molar-refractivity contribution is 9.10. The normalized spacial score (nSPS) is 18.6. The Balaban J connectivity index is 1.91. The summed E-state index contributed by atoms with van der Waals surface area (Å²) < 4.78 is 5.64. The number of piperidine rings is 1. The van der Waals surface area contributed by atoms with Crippen LogP contribution in [0.5, 0.6) is 0 Å². The molecule has 0 aromatic carbocycles. The van der Waals surface area contributed by atoms with Crippen molar-refractivity contribution in [3.05, 3.63) is 22.6 Å². The summed E-state index contributed by atoms with van der Waals surface area (Å²) in [5.41, 5.74) is 0.522. The van der Waals surface area contributed by atoms with Crippen LogP contribution in [0.3, 0.4) is 0 Å². The van der Waals surface area contributed by atoms with E-state index in [0.29, 0.717) is 29.9 Å². The van der Waals surface area contributed by atoms with Gasteiger partial charge in [0.1, 0.15) is 6.26 Å². The first-order valence-corrected chi connectivity index (χ1v) is 8.22. The van der Waals surface area contributed by atoms with Gasteiger partial charge in [-0.1, -0.05) is 13.3 Å². The SMILES string of the molecule is CCCCNC(=O)C1CCCN(C(=O)c2coc(Br)c2)C1. The lowest BCUT2D eigenvalue weighted by atomic mass is 9.96. The van der Waals surface area contributed by atoms with E-state index in [0.717, 1.165) is 25.7 Å². The summed E-state index contributed by atoms with van der Waals surface area (Å²) in [4.78, 5) is 26.2. The number of likely N-dealkylation sites (tertiary alicyclic amines) is 1. The van der Waals surface area contributed by atoms with E-state index in [9.17, 15) is 9.59 Å². The van der Waals surface area contributed by atoms with E-state index < -0.39 is 0 Å². The van der Waals surface area contributed by atoms with E-state index in [-0.39, 0.29) is 17.7 Å². The van der Waals surface area contributed by atoms with Crippen LogP contribution in [0.25, 0.3) is 0 Å². The predicted octanol–water partition coefficient (Wildman–Crippen LogP) is 2.81. The van der Waals surface area contributed by atoms with Crippen molar-refractivity contribution < 1.29 is 14.0 Å². The second kappa shape index (κ2) is 7.64. The van der Waals surface area contributed by atoms with Crippen molar-refractivity contribution in [2.45, 2.75) is 32.6 Å². The number of carbonyl (C=O) groups is 2. The Kier molecular flexibility index (Phi) is 5.85. The molecule has 5 nitrogen and oxygen atoms in total. The number of rotatable bonds is 5. The lowest BCUT2D eigenvalue weighted by Crippen LogP contribution is -2.45. The monoisotopic (exact) mass is 356 g/mol. The molecule has 1 aliphatic rings. The molecule has 1 fully saturated rings. The van der Waals surface area contributed by atoms with Crippen molar-refractivity contribution >= 4 is 27.7 Å². The largest absolute Gasteiger partial charge is 0.457 e. The summed E-state index contributed by atoms with van der Waals surface area (Å²) in [7, 11) is 0. The van der Waals surface area contributed by atoms with E-state index in [1.165, 1.54) is 6.26 Å². The summed E-state index contributed by atoms with van der Waals surface area (Å²) in [6.07, 6.45) is 5.19. The molecule has 1 unspecified atom stereocenters. The van der Waals surface area contributed by atoms with Gasteiger partial charge in [-0.05, 0) is 35.2 Å². The molecular formula is C15H21BrN2O3. The second-order valence-corrected chi connectivity index (χ2v) is 6.16. The zero-order valence-corrected chi connectivity index (χ0v) is 13.8. The Labute approximate surface area is 133 Å². The fourth-order valence-corrected chi connectivity index (χ4v) is 2.85. The van der Waals surface area contributed by atoms with Crippen molar-refractivity contribution in [1.29, 1.82) is 0 Å². The Morgan fingerprint density at radius 3 is 3.00 bits per heavy atom. The number of carbonyl (C=O) groups excluding carboxylic acids is 2. The van der Waals surface area contributed by atoms with Gasteiger partial charge in [0.25, 0.3) is 5.91 Å². The van der Waals surface area contributed by atoms with Crippen molar-refractivity contribution in [3.8, 4) is 0 Å². The maximum atomic E-state index is 12.4. The van der Waals surface area contributed by atoms with Gasteiger partial charge >= 0.3 is 0 Å². The van der Waals surface area contributed by atoms with Crippen molar-refractivity contribution in [2.24, 2.45) is 5.92 Å². The average molecular weight is 357 g/mol. The molecule has 1 aliphatic heterocycles. The highest BCUT2D eigenvalue weighted by atomic mass is 79.9. The summed E-state index contributed by atoms with van der Waals surface area (Å²) >= 11 is 3.19. The topological polar surface area (TPSA) is 62.6 Å². The number of nitrogens with one attached hydrogen (secondary N) is 1. The first kappa shape index (κ1) is 16.1. The van der Waals surface area contributed by atoms with Gasteiger partial charge in [0.2, 0.25) is 5.91 Å². The summed E-state index contributed by atoms with van der Waals surface area (Å²) in [5, 5.41) is 2.95. The standard InChI is InChI=1S/C15H21BrN2O3/c1-2-3-6-17-14(19)11-5-4-7-18(9-11)15(20)12-8-13(16)21-10-12/h8,10-11H,2-7,9H2,1H3,(H,17,19). The summed E-state index contributed by atoms with van der Waals surface area (Å²) in [5.74, 6) is -0.111. The van der Waals surface area contributed by atoms with Crippen LogP contribution in [0.2, 0.25) is 0 Å². The van der Waals surface area contributed by atoms with Crippen LogP contribution in [0.4, 0.5) is 0 Å². The number of hydrogen-bond acceptors (Lipinski definition) is 3. The first-order valence-electron chi connectivity index (χ1n) is 7.42. The molecule has 116 valence electrons. The van der Waals surface area contributed by atoms with Crippen LogP contribution in [-0.4, -0.2) is 36.3 Å². The summed E-state index contributed by atoms with van der Waals surface area (Å²) in [6, 6.07) is 1.66. The number of amides is 2. The molecule has 2 rings (SSSR count). The minimum Gasteiger partial charge on any atom is -0.457 e. The third-order valence-corrected chi connectivity index (χ3v) is 4.14. The third-order valence-electron chi connectivity index (χ3n) is 3.72. The van der Waals surface area contributed by atoms with Crippen LogP contribution in [-0.2, 0) is 4.79 Å². The van der Waals surface area contributed by atoms with Crippen LogP contribution in [0.1, 0.15) is 43.0 Å². The quantitative estimate of drug-likeness (QED) is 0.825. The smallest absolute Gasteiger partial charge is 0.257 e. The average Bonchev–Trinajstić information content (AvgIpc) is 2.93. The van der Waals surface area contributed by atoms with Crippen LogP contribution in [0, 0.1) is 5.92 Å². The maximum Gasteiger partial charge on any atom is 0.257 e. The van der Waals surface area contributed by atoms with E-state index in [2.05, 4.69) is 28.2 Å². The number of unbranched alkanes of at least 4 members (excludes halogenated alkanes) is 1. The number of furan rings is 1. The molecule has 1 atom stereocenters. The molecule has 1 N–H and O–H groups in total. The minimum atomic E-state index is -0.102. The van der Waals surface area contributed by atoms with Gasteiger partial charge in [0, 0.05) is 25.7 Å². The van der Waals surface area contributed by atoms with Crippen molar-refractivity contribution in [3.63, 3.8) is 0 Å². The fraction of sp³-hybridized carbons (Fsp3) is 0.600. The molecular weight excluding hydrogens is 336 g/mol. The Hall–Kier alpha value is -1.30. The van der Waals surface area contributed by atoms with Crippen molar-refractivity contribution in [1.82, 2.24) is 10.2 Å². The lowest BCUT2D eigenvalue weighted by molar-refractivity contribution is -0.126. The van der Waals surface area contributed by atoms with E-state index in [1.807, 2.05) is 0 Å². The first-order chi connectivity index (χ1) is 10.1. The second-order valence-electron chi connectivity index (χ2n) is 5.37. The molecule has 21 heavy (non-hydrogen) atoms. The van der Waals surface area contributed by atoms with Gasteiger partial charge in [0.15, 0.2) is 4.67 Å². The fourth-order valence-electron chi connectivity index (χ4n) is 2.51. The zero-order valence-electron chi connectivity index (χ0n) is 12.2. The van der Waals surface area contributed by atoms with E-state index in [4.69, 9.17) is 4.42 Å². The van der Waals surface area contributed by atoms with Gasteiger partial charge in [-0.15, -0.1) is 0 Å². The zero-order chi connectivity index (χ0) is 15.2. The Bertz CT molecular complexity index is 501. The molecule has 0 spiro atoms. The molecule has 6 heteroatoms. The minimum absolute atomic E-state index is 0.0642. The van der Waals surface area contributed by atoms with Gasteiger partial charge in [-0.25, -0.2) is 0 Å². The van der Waals surface area contributed by atoms with Gasteiger partial charge in [-0.3, -0.25) is 9.59 Å². The predicted molar refractivity (Wildman–Crippen MR) is 83.0 cm³/mol. The molecule has 0 radical (unpaired) electrons. The number of nitrogens with zero attached hydrogens (tertiary/aromatic N) is 1. The molecule has 1 aromatic rings. The molecule has 0 saturated carbocycles. The Morgan fingerprint density at radius 1 is 1.52 bits per heavy atom. The van der Waals surface area contributed by atoms with Crippen LogP contribution >= 0.6 is 15.9 Å². The van der Waals surface area contributed by atoms with Gasteiger partial charge in [0.05, 0.1) is 11.5 Å². The highest BCUT2D eigenvalue weighted by Crippen LogP contribution is 2.21. The summed E-state index contributed by atoms with van der Waals surface area (Å²) in [6.45, 7) is 3.99. The molecule has 0 aliphatic carbocycles. The molecule has 1 aromatic heterocycles. The van der Waals surface area contributed by atoms with Crippen molar-refractivity contribution in [2.75, 3.05) is 19.6 Å².